The van der Waals surface area contributed by atoms with Crippen LogP contribution in [0.1, 0.15) is 245 Å². The Morgan fingerprint density at radius 1 is 0.361 bits per heavy atom. The maximum atomic E-state index is 12.9. The number of hydrogen-bond acceptors (Lipinski definition) is 8. The monoisotopic (exact) mass is 1150 g/mol. The Kier molecular flexibility index (Phi) is 59.5. The first kappa shape index (κ1) is 78.2. The number of carboxylic acids is 1. The molecule has 0 radical (unpaired) electrons. The van der Waals surface area contributed by atoms with Crippen LogP contribution in [0.4, 0.5) is 0 Å². The average Bonchev–Trinajstić information content (AvgIpc) is 3.46. The fourth-order valence-electron chi connectivity index (χ4n) is 8.61. The molecule has 9 heteroatoms. The number of likely N-dealkylation sites (N-methyl/N-ethyl adjacent to an activating group) is 1. The Balaban J connectivity index is 4.08. The highest BCUT2D eigenvalue weighted by Gasteiger charge is 2.22. The molecule has 2 unspecified atom stereocenters. The summed E-state index contributed by atoms with van der Waals surface area (Å²) in [5, 5.41) is 11.8. The van der Waals surface area contributed by atoms with Crippen LogP contribution < -0.4 is 5.11 Å². The first-order valence-electron chi connectivity index (χ1n) is 33.0. The van der Waals surface area contributed by atoms with Gasteiger partial charge in [0.25, 0.3) is 0 Å². The summed E-state index contributed by atoms with van der Waals surface area (Å²) in [6.45, 7) is 4.44. The van der Waals surface area contributed by atoms with Crippen molar-refractivity contribution in [2.45, 2.75) is 257 Å². The summed E-state index contributed by atoms with van der Waals surface area (Å²) in [5.74, 6) is -2.37. The van der Waals surface area contributed by atoms with Crippen molar-refractivity contribution in [2.24, 2.45) is 0 Å². The zero-order valence-corrected chi connectivity index (χ0v) is 53.5. The number of allylic oxidation sites excluding steroid dienone is 24. The van der Waals surface area contributed by atoms with Gasteiger partial charge in [0.15, 0.2) is 12.4 Å². The van der Waals surface area contributed by atoms with Crippen molar-refractivity contribution in [1.29, 1.82) is 0 Å². The Morgan fingerprint density at radius 2 is 0.663 bits per heavy atom. The van der Waals surface area contributed by atoms with Crippen molar-refractivity contribution < 1.29 is 42.9 Å². The van der Waals surface area contributed by atoms with Gasteiger partial charge in [-0.2, -0.15) is 0 Å². The SMILES string of the molecule is CC/C=C\C/C=C\C/C=C\C/C=C\C/C=C\C/C=C\C/C=C\CCCCCCCCCCCCCCCCCCCCCC(=O)OC(COC(=O)CCC/C=C\C/C=C\C/C=C\C/C=C\C/C=C\CC)COC(OCC[N+](C)(C)C)C(=O)[O-]. The summed E-state index contributed by atoms with van der Waals surface area (Å²) in [6, 6.07) is 0. The van der Waals surface area contributed by atoms with E-state index in [1.54, 1.807) is 0 Å². The van der Waals surface area contributed by atoms with Crippen molar-refractivity contribution in [3.63, 3.8) is 0 Å². The summed E-state index contributed by atoms with van der Waals surface area (Å²) in [4.78, 5) is 37.3. The van der Waals surface area contributed by atoms with Gasteiger partial charge in [0.2, 0.25) is 0 Å². The maximum absolute atomic E-state index is 12.9. The number of carbonyl (C=O) groups excluding carboxylic acids is 3. The van der Waals surface area contributed by atoms with Gasteiger partial charge < -0.3 is 33.3 Å². The Labute approximate surface area is 509 Å². The normalized spacial score (nSPS) is 13.7. The van der Waals surface area contributed by atoms with Crippen molar-refractivity contribution in [2.75, 3.05) is 47.5 Å². The number of quaternary nitrogens is 1. The van der Waals surface area contributed by atoms with Gasteiger partial charge in [-0.25, -0.2) is 0 Å². The quantitative estimate of drug-likeness (QED) is 0.0195. The minimum absolute atomic E-state index is 0.133. The second-order valence-corrected chi connectivity index (χ2v) is 22.6. The lowest BCUT2D eigenvalue weighted by Crippen LogP contribution is -2.44. The van der Waals surface area contributed by atoms with E-state index in [2.05, 4.69) is 160 Å². The fourth-order valence-corrected chi connectivity index (χ4v) is 8.61. The molecule has 0 heterocycles. The van der Waals surface area contributed by atoms with Gasteiger partial charge in [0.1, 0.15) is 13.2 Å². The average molecular weight is 1150 g/mol. The Morgan fingerprint density at radius 3 is 1.00 bits per heavy atom. The van der Waals surface area contributed by atoms with Crippen molar-refractivity contribution in [3.8, 4) is 0 Å². The number of ether oxygens (including phenoxy) is 4. The Hall–Kier alpha value is -4.83. The molecule has 0 spiro atoms. The van der Waals surface area contributed by atoms with Gasteiger partial charge >= 0.3 is 11.9 Å². The van der Waals surface area contributed by atoms with E-state index in [4.69, 9.17) is 18.9 Å². The standard InChI is InChI=1S/C74H121NO8/c1-6-8-10-12-14-16-18-20-22-24-25-26-27-28-29-30-31-32-33-34-35-36-37-38-39-40-41-42-43-44-45-46-47-49-51-53-55-57-59-61-63-65-72(77)83-70(69-82-74(73(78)79)80-67-66-75(3,4)5)68-81-71(76)64-62-60-58-56-54-52-50-48-23-21-19-17-15-13-11-9-7-2/h8-11,14-17,20-23,25-26,28-29,31-32,34-35,50,52,56,58,70,74H,6-7,12-13,18-19,24,27,30,33,36-49,51,53-55,57,59-69H2,1-5H3/b10-8-,11-9-,16-14-,17-15-,22-20-,23-21-,26-25-,29-28-,32-31-,35-34-,52-50-,58-56-. The van der Waals surface area contributed by atoms with Gasteiger partial charge in [-0.05, 0) is 109 Å². The number of unbranched alkanes of at least 4 members (excludes halogenated alkanes) is 20. The summed E-state index contributed by atoms with van der Waals surface area (Å²) in [7, 11) is 5.90. The molecule has 0 fully saturated rings. The molecule has 0 aliphatic rings. The molecule has 0 saturated heterocycles. The molecular weight excluding hydrogens is 1030 g/mol. The fraction of sp³-hybridized carbons (Fsp3) is 0.635. The summed E-state index contributed by atoms with van der Waals surface area (Å²) < 4.78 is 22.6. The first-order valence-corrected chi connectivity index (χ1v) is 33.0. The van der Waals surface area contributed by atoms with Crippen molar-refractivity contribution >= 4 is 17.9 Å². The molecule has 0 saturated carbocycles. The lowest BCUT2D eigenvalue weighted by Gasteiger charge is -2.26. The van der Waals surface area contributed by atoms with E-state index in [1.165, 1.54) is 103 Å². The lowest BCUT2D eigenvalue weighted by molar-refractivity contribution is -0.870. The number of rotatable bonds is 59. The maximum Gasteiger partial charge on any atom is 0.306 e. The van der Waals surface area contributed by atoms with Crippen molar-refractivity contribution in [1.82, 2.24) is 0 Å². The van der Waals surface area contributed by atoms with E-state index >= 15 is 0 Å². The van der Waals surface area contributed by atoms with Crippen LogP contribution in [0.25, 0.3) is 0 Å². The third kappa shape index (κ3) is 64.6. The van der Waals surface area contributed by atoms with Crippen LogP contribution in [0.3, 0.4) is 0 Å². The molecule has 0 aromatic heterocycles. The van der Waals surface area contributed by atoms with Gasteiger partial charge in [-0.3, -0.25) is 9.59 Å². The second-order valence-electron chi connectivity index (χ2n) is 22.6. The topological polar surface area (TPSA) is 111 Å². The molecule has 0 aromatic rings. The second kappa shape index (κ2) is 63.2. The smallest absolute Gasteiger partial charge is 0.306 e. The molecule has 0 amide bonds. The molecule has 0 rings (SSSR count). The molecule has 0 bridgehead atoms. The van der Waals surface area contributed by atoms with Gasteiger partial charge in [-0.15, -0.1) is 0 Å². The molecule has 9 nitrogen and oxygen atoms in total. The minimum Gasteiger partial charge on any atom is -0.545 e. The number of esters is 2. The summed E-state index contributed by atoms with van der Waals surface area (Å²) >= 11 is 0. The van der Waals surface area contributed by atoms with Crippen LogP contribution in [0.15, 0.2) is 146 Å². The third-order valence-corrected chi connectivity index (χ3v) is 13.6. The number of hydrogen-bond donors (Lipinski definition) is 0. The molecule has 0 aromatic carbocycles. The largest absolute Gasteiger partial charge is 0.545 e. The highest BCUT2D eigenvalue weighted by molar-refractivity contribution is 5.70. The zero-order chi connectivity index (χ0) is 60.5. The van der Waals surface area contributed by atoms with Crippen LogP contribution in [0.5, 0.6) is 0 Å². The van der Waals surface area contributed by atoms with Crippen LogP contribution in [-0.4, -0.2) is 82.3 Å². The van der Waals surface area contributed by atoms with Crippen molar-refractivity contribution in [3.05, 3.63) is 146 Å². The molecule has 0 aliphatic carbocycles. The van der Waals surface area contributed by atoms with E-state index in [9.17, 15) is 19.5 Å². The molecule has 0 N–H and O–H groups in total. The molecule has 0 aliphatic heterocycles. The summed E-state index contributed by atoms with van der Waals surface area (Å²) in [5.41, 5.74) is 0. The molecule has 83 heavy (non-hydrogen) atoms. The number of aliphatic carboxylic acids is 1. The number of carbonyl (C=O) groups is 3. The van der Waals surface area contributed by atoms with Crippen LogP contribution in [0, 0.1) is 0 Å². The van der Waals surface area contributed by atoms with E-state index in [0.29, 0.717) is 23.9 Å². The van der Waals surface area contributed by atoms with E-state index in [0.717, 1.165) is 103 Å². The number of carboxylic acid groups (broad SMARTS) is 1. The van der Waals surface area contributed by atoms with Crippen LogP contribution in [0.2, 0.25) is 0 Å². The third-order valence-electron chi connectivity index (χ3n) is 13.6. The molecular formula is C74H121NO8. The van der Waals surface area contributed by atoms with Crippen LogP contribution in [-0.2, 0) is 33.3 Å². The Bertz CT molecular complexity index is 1870. The highest BCUT2D eigenvalue weighted by atomic mass is 16.7. The lowest BCUT2D eigenvalue weighted by atomic mass is 10.0. The molecule has 2 atom stereocenters. The minimum atomic E-state index is -1.64. The van der Waals surface area contributed by atoms with E-state index in [1.807, 2.05) is 21.1 Å². The van der Waals surface area contributed by atoms with Gasteiger partial charge in [0, 0.05) is 12.8 Å². The number of nitrogens with zero attached hydrogens (tertiary/aromatic N) is 1. The zero-order valence-electron chi connectivity index (χ0n) is 53.5. The van der Waals surface area contributed by atoms with Gasteiger partial charge in [-0.1, -0.05) is 269 Å². The van der Waals surface area contributed by atoms with E-state index in [-0.39, 0.29) is 32.7 Å². The van der Waals surface area contributed by atoms with E-state index < -0.39 is 30.3 Å². The molecule has 470 valence electrons. The highest BCUT2D eigenvalue weighted by Crippen LogP contribution is 2.16. The predicted octanol–water partition coefficient (Wildman–Crippen LogP) is 19.0. The summed E-state index contributed by atoms with van der Waals surface area (Å²) in [6.07, 6.45) is 89.4. The first-order chi connectivity index (χ1) is 40.6. The van der Waals surface area contributed by atoms with Gasteiger partial charge in [0.05, 0.1) is 40.3 Å². The van der Waals surface area contributed by atoms with Crippen LogP contribution >= 0.6 is 0 Å². The predicted molar refractivity (Wildman–Crippen MR) is 352 cm³/mol.